The van der Waals surface area contributed by atoms with Crippen molar-refractivity contribution >= 4 is 22.2 Å². The van der Waals surface area contributed by atoms with Crippen molar-refractivity contribution in [1.82, 2.24) is 49.9 Å². The quantitative estimate of drug-likeness (QED) is 0.368. The fourth-order valence-electron chi connectivity index (χ4n) is 4.31. The van der Waals surface area contributed by atoms with Crippen LogP contribution in [0.2, 0.25) is 0 Å². The number of aromatic amines is 1. The van der Waals surface area contributed by atoms with E-state index in [2.05, 4.69) is 35.6 Å². The number of hydrogen-bond acceptors (Lipinski definition) is 8. The lowest BCUT2D eigenvalue weighted by Gasteiger charge is -2.15. The van der Waals surface area contributed by atoms with Gasteiger partial charge in [0, 0.05) is 71.9 Å². The zero-order chi connectivity index (χ0) is 24.8. The Morgan fingerprint density at radius 1 is 1.08 bits per heavy atom. The van der Waals surface area contributed by atoms with Gasteiger partial charge in [-0.1, -0.05) is 5.21 Å². The highest BCUT2D eigenvalue weighted by atomic mass is 19.1. The Morgan fingerprint density at radius 2 is 1.97 bits per heavy atom. The maximum atomic E-state index is 15.2. The second-order valence-corrected chi connectivity index (χ2v) is 8.54. The van der Waals surface area contributed by atoms with Crippen LogP contribution < -0.4 is 0 Å². The summed E-state index contributed by atoms with van der Waals surface area (Å²) in [7, 11) is 1.85. The average Bonchev–Trinajstić information content (AvgIpc) is 3.62. The van der Waals surface area contributed by atoms with Gasteiger partial charge in [0.25, 0.3) is 0 Å². The van der Waals surface area contributed by atoms with E-state index < -0.39 is 11.9 Å². The van der Waals surface area contributed by atoms with E-state index in [1.54, 1.807) is 40.2 Å². The summed E-state index contributed by atoms with van der Waals surface area (Å²) in [6, 6.07) is 4.65. The highest BCUT2D eigenvalue weighted by molar-refractivity contribution is 5.84. The first-order valence-corrected chi connectivity index (χ1v) is 11.3. The number of nitrogens with zero attached hydrogens (tertiary/aromatic N) is 9. The van der Waals surface area contributed by atoms with Gasteiger partial charge in [0.2, 0.25) is 5.65 Å². The van der Waals surface area contributed by atoms with Crippen LogP contribution in [0.1, 0.15) is 24.2 Å². The molecule has 0 saturated carbocycles. The van der Waals surface area contributed by atoms with Crippen LogP contribution in [0.3, 0.4) is 0 Å². The molecule has 0 bridgehead atoms. The van der Waals surface area contributed by atoms with Crippen LogP contribution in [-0.2, 0) is 13.5 Å². The van der Waals surface area contributed by atoms with Gasteiger partial charge in [-0.15, -0.1) is 5.10 Å². The molecule has 1 aromatic carbocycles. The lowest BCUT2D eigenvalue weighted by atomic mass is 10.0. The number of aromatic nitrogens is 10. The number of aliphatic hydroxyl groups is 1. The van der Waals surface area contributed by atoms with Gasteiger partial charge >= 0.3 is 0 Å². The van der Waals surface area contributed by atoms with Crippen LogP contribution in [0, 0.1) is 5.82 Å². The van der Waals surface area contributed by atoms with Gasteiger partial charge in [0.1, 0.15) is 5.82 Å². The lowest BCUT2D eigenvalue weighted by molar-refractivity contribution is 0.298. The van der Waals surface area contributed by atoms with Crippen molar-refractivity contribution in [1.29, 1.82) is 0 Å². The average molecular weight is 484 g/mol. The Labute approximate surface area is 203 Å². The third-order valence-corrected chi connectivity index (χ3v) is 6.20. The fraction of sp³-hybridized carbons (Fsp3) is 0.208. The normalized spacial score (nSPS) is 12.6. The van der Waals surface area contributed by atoms with E-state index in [1.165, 1.54) is 6.07 Å². The monoisotopic (exact) mass is 484 g/mol. The molecule has 5 heterocycles. The Morgan fingerprint density at radius 3 is 2.78 bits per heavy atom. The van der Waals surface area contributed by atoms with Crippen molar-refractivity contribution in [3.05, 3.63) is 66.3 Å². The predicted octanol–water partition coefficient (Wildman–Crippen LogP) is 2.84. The van der Waals surface area contributed by atoms with Gasteiger partial charge in [-0.25, -0.2) is 19.0 Å². The van der Waals surface area contributed by atoms with Crippen LogP contribution in [-0.4, -0.2) is 61.6 Å². The van der Waals surface area contributed by atoms with E-state index in [9.17, 15) is 5.11 Å². The van der Waals surface area contributed by atoms with Crippen molar-refractivity contribution in [2.75, 3.05) is 6.61 Å². The summed E-state index contributed by atoms with van der Waals surface area (Å²) in [6.07, 6.45) is 9.00. The second kappa shape index (κ2) is 8.57. The first kappa shape index (κ1) is 21.9. The molecular weight excluding hydrogens is 463 g/mol. The van der Waals surface area contributed by atoms with Crippen LogP contribution in [0.15, 0.2) is 49.2 Å². The highest BCUT2D eigenvalue weighted by Crippen LogP contribution is 2.30. The van der Waals surface area contributed by atoms with Crippen LogP contribution in [0.25, 0.3) is 44.6 Å². The smallest absolute Gasteiger partial charge is 0.221 e. The molecule has 1 atom stereocenters. The lowest BCUT2D eigenvalue weighted by Crippen LogP contribution is -2.11. The highest BCUT2D eigenvalue weighted by Gasteiger charge is 2.21. The van der Waals surface area contributed by atoms with E-state index in [1.807, 2.05) is 26.2 Å². The zero-order valence-electron chi connectivity index (χ0n) is 19.5. The first-order valence-electron chi connectivity index (χ1n) is 11.3. The molecule has 0 spiro atoms. The SMILES string of the molecule is CC(c1cc2cc(-c3cnn(C)c3)cnc2cc1F)n1nnc2ncc(-c3cn[nH]c3CCO)nc21. The molecular formula is C24H21FN10O. The molecule has 2 N–H and O–H groups in total. The van der Waals surface area contributed by atoms with Crippen molar-refractivity contribution < 1.29 is 9.50 Å². The number of benzene rings is 1. The molecule has 0 saturated heterocycles. The minimum absolute atomic E-state index is 0.0278. The molecule has 36 heavy (non-hydrogen) atoms. The molecule has 0 radical (unpaired) electrons. The maximum Gasteiger partial charge on any atom is 0.221 e. The Balaban J connectivity index is 1.42. The van der Waals surface area contributed by atoms with Crippen molar-refractivity contribution in [3.8, 4) is 22.4 Å². The largest absolute Gasteiger partial charge is 0.396 e. The molecule has 11 nitrogen and oxygen atoms in total. The molecule has 1 unspecified atom stereocenters. The summed E-state index contributed by atoms with van der Waals surface area (Å²) in [5, 5.41) is 29.6. The van der Waals surface area contributed by atoms with Gasteiger partial charge in [-0.2, -0.15) is 10.2 Å². The number of halogens is 1. The minimum Gasteiger partial charge on any atom is -0.396 e. The van der Waals surface area contributed by atoms with Gasteiger partial charge in [0.15, 0.2) is 5.65 Å². The molecule has 12 heteroatoms. The third kappa shape index (κ3) is 3.67. The number of aryl methyl sites for hydroxylation is 1. The summed E-state index contributed by atoms with van der Waals surface area (Å²) in [6.45, 7) is 1.81. The molecule has 0 fully saturated rings. The number of aliphatic hydroxyl groups excluding tert-OH is 1. The number of hydrogen-bond donors (Lipinski definition) is 2. The summed E-state index contributed by atoms with van der Waals surface area (Å²) >= 11 is 0. The molecule has 0 aliphatic carbocycles. The number of nitrogens with one attached hydrogen (secondary N) is 1. The van der Waals surface area contributed by atoms with Crippen LogP contribution in [0.4, 0.5) is 4.39 Å². The van der Waals surface area contributed by atoms with Crippen molar-refractivity contribution in [3.63, 3.8) is 0 Å². The molecule has 6 rings (SSSR count). The van der Waals surface area contributed by atoms with E-state index >= 15 is 4.39 Å². The molecule has 0 aliphatic rings. The molecule has 0 amide bonds. The second-order valence-electron chi connectivity index (χ2n) is 8.54. The summed E-state index contributed by atoms with van der Waals surface area (Å²) in [5.41, 5.74) is 5.59. The topological polar surface area (TPSA) is 136 Å². The van der Waals surface area contributed by atoms with E-state index in [0.29, 0.717) is 34.5 Å². The van der Waals surface area contributed by atoms with Crippen molar-refractivity contribution in [2.45, 2.75) is 19.4 Å². The molecule has 6 aromatic rings. The van der Waals surface area contributed by atoms with Gasteiger partial charge in [-0.05, 0) is 19.1 Å². The van der Waals surface area contributed by atoms with E-state index in [4.69, 9.17) is 4.98 Å². The number of fused-ring (bicyclic) bond motifs is 2. The minimum atomic E-state index is -0.521. The van der Waals surface area contributed by atoms with E-state index in [-0.39, 0.29) is 6.61 Å². The van der Waals surface area contributed by atoms with Gasteiger partial charge < -0.3 is 5.11 Å². The Bertz CT molecular complexity index is 1720. The number of pyridine rings is 1. The number of rotatable bonds is 6. The van der Waals surface area contributed by atoms with E-state index in [0.717, 1.165) is 27.8 Å². The van der Waals surface area contributed by atoms with Crippen LogP contribution in [0.5, 0.6) is 0 Å². The third-order valence-electron chi connectivity index (χ3n) is 6.20. The summed E-state index contributed by atoms with van der Waals surface area (Å²) in [4.78, 5) is 13.5. The Hall–Kier alpha value is -4.58. The Kier molecular flexibility index (Phi) is 5.22. The fourth-order valence-corrected chi connectivity index (χ4v) is 4.31. The summed E-state index contributed by atoms with van der Waals surface area (Å²) in [5.74, 6) is -0.399. The maximum absolute atomic E-state index is 15.2. The first-order chi connectivity index (χ1) is 17.5. The van der Waals surface area contributed by atoms with Crippen molar-refractivity contribution in [2.24, 2.45) is 7.05 Å². The number of H-pyrrole nitrogens is 1. The molecule has 0 aliphatic heterocycles. The molecule has 180 valence electrons. The van der Waals surface area contributed by atoms with Crippen LogP contribution >= 0.6 is 0 Å². The summed E-state index contributed by atoms with van der Waals surface area (Å²) < 4.78 is 18.5. The standard InChI is InChI=1S/C24H21FN10O/c1-13(17-6-14-5-15(16-9-29-34(2)12-16)8-26-21(14)7-19(17)25)35-24-23(32-33-35)27-11-22(30-24)18-10-28-31-20(18)3-4-36/h5-13,36H,3-4H2,1-2H3,(H,28,31). The van der Waals surface area contributed by atoms with Gasteiger partial charge in [-0.3, -0.25) is 14.8 Å². The molecule has 5 aromatic heterocycles. The zero-order valence-corrected chi connectivity index (χ0v) is 19.5. The van der Waals surface area contributed by atoms with Gasteiger partial charge in [0.05, 0.1) is 35.8 Å². The predicted molar refractivity (Wildman–Crippen MR) is 129 cm³/mol.